The molecular formula is C19H21N7O. The molecule has 0 spiro atoms. The first-order valence-electron chi connectivity index (χ1n) is 9.01. The number of amides is 1. The molecule has 8 heteroatoms. The van der Waals surface area contributed by atoms with Crippen molar-refractivity contribution < 1.29 is 4.79 Å². The molecule has 8 nitrogen and oxygen atoms in total. The monoisotopic (exact) mass is 363 g/mol. The molecule has 1 fully saturated rings. The van der Waals surface area contributed by atoms with Crippen LogP contribution in [0.1, 0.15) is 40.8 Å². The third-order valence-corrected chi connectivity index (χ3v) is 4.64. The van der Waals surface area contributed by atoms with Gasteiger partial charge in [0.15, 0.2) is 0 Å². The third-order valence-electron chi connectivity index (χ3n) is 4.64. The van der Waals surface area contributed by atoms with E-state index in [1.807, 2.05) is 36.1 Å². The van der Waals surface area contributed by atoms with E-state index < -0.39 is 0 Å². The maximum atomic E-state index is 12.6. The summed E-state index contributed by atoms with van der Waals surface area (Å²) in [5.41, 5.74) is 1.47. The molecule has 0 saturated carbocycles. The number of aromatic amines is 1. The molecule has 0 unspecified atom stereocenters. The molecule has 0 bridgehead atoms. The van der Waals surface area contributed by atoms with Gasteiger partial charge in [-0.3, -0.25) is 9.89 Å². The number of aryl methyl sites for hydroxylation is 1. The second-order valence-electron chi connectivity index (χ2n) is 6.63. The van der Waals surface area contributed by atoms with E-state index in [1.54, 1.807) is 18.5 Å². The van der Waals surface area contributed by atoms with E-state index >= 15 is 0 Å². The molecule has 0 radical (unpaired) electrons. The zero-order chi connectivity index (χ0) is 18.6. The number of nitrogens with zero attached hydrogens (tertiary/aromatic N) is 5. The van der Waals surface area contributed by atoms with E-state index in [4.69, 9.17) is 0 Å². The van der Waals surface area contributed by atoms with Gasteiger partial charge in [-0.1, -0.05) is 6.07 Å². The Hall–Kier alpha value is -3.29. The van der Waals surface area contributed by atoms with Crippen molar-refractivity contribution in [3.63, 3.8) is 0 Å². The van der Waals surface area contributed by atoms with Crippen LogP contribution in [0.25, 0.3) is 0 Å². The number of likely N-dealkylation sites (tertiary alicyclic amines) is 1. The number of hydrogen-bond donors (Lipinski definition) is 2. The first-order valence-corrected chi connectivity index (χ1v) is 9.01. The molecule has 4 rings (SSSR count). The summed E-state index contributed by atoms with van der Waals surface area (Å²) in [6, 6.07) is 9.34. The number of anilines is 2. The van der Waals surface area contributed by atoms with Crippen LogP contribution in [-0.4, -0.2) is 49.0 Å². The topological polar surface area (TPSA) is 99.7 Å². The quantitative estimate of drug-likeness (QED) is 0.739. The molecule has 27 heavy (non-hydrogen) atoms. The Morgan fingerprint density at radius 2 is 2.15 bits per heavy atom. The number of aromatic nitrogens is 5. The highest BCUT2D eigenvalue weighted by Crippen LogP contribution is 2.28. The van der Waals surface area contributed by atoms with Crippen LogP contribution >= 0.6 is 0 Å². The lowest BCUT2D eigenvalue weighted by molar-refractivity contribution is 0.0700. The number of hydrogen-bond acceptors (Lipinski definition) is 6. The second kappa shape index (κ2) is 7.53. The van der Waals surface area contributed by atoms with Gasteiger partial charge in [-0.2, -0.15) is 5.10 Å². The summed E-state index contributed by atoms with van der Waals surface area (Å²) in [6.07, 6.45) is 5.26. The molecule has 2 N–H and O–H groups in total. The van der Waals surface area contributed by atoms with E-state index in [-0.39, 0.29) is 11.8 Å². The number of nitrogens with one attached hydrogen (secondary N) is 2. The summed E-state index contributed by atoms with van der Waals surface area (Å²) in [7, 11) is 0. The van der Waals surface area contributed by atoms with Crippen LogP contribution in [-0.2, 0) is 0 Å². The molecular weight excluding hydrogens is 342 g/mol. The Balaban J connectivity index is 1.53. The minimum absolute atomic E-state index is 0.0187. The van der Waals surface area contributed by atoms with Crippen LogP contribution in [0.5, 0.6) is 0 Å². The summed E-state index contributed by atoms with van der Waals surface area (Å²) in [5.74, 6) is 2.31. The Morgan fingerprint density at radius 3 is 2.93 bits per heavy atom. The van der Waals surface area contributed by atoms with Crippen molar-refractivity contribution in [3.05, 3.63) is 59.9 Å². The average molecular weight is 363 g/mol. The number of pyridine rings is 1. The Morgan fingerprint density at radius 1 is 1.22 bits per heavy atom. The molecule has 0 aromatic carbocycles. The fourth-order valence-corrected chi connectivity index (χ4v) is 3.38. The molecule has 3 aromatic rings. The van der Waals surface area contributed by atoms with Gasteiger partial charge < -0.3 is 10.2 Å². The van der Waals surface area contributed by atoms with Crippen LogP contribution in [0.15, 0.2) is 42.7 Å². The van der Waals surface area contributed by atoms with E-state index in [2.05, 4.69) is 30.5 Å². The molecule has 1 aliphatic heterocycles. The predicted molar refractivity (Wildman–Crippen MR) is 101 cm³/mol. The van der Waals surface area contributed by atoms with Crippen molar-refractivity contribution in [3.8, 4) is 0 Å². The highest BCUT2D eigenvalue weighted by atomic mass is 16.2. The molecule has 1 atom stereocenters. The van der Waals surface area contributed by atoms with Crippen molar-refractivity contribution in [2.75, 3.05) is 18.4 Å². The van der Waals surface area contributed by atoms with E-state index in [0.29, 0.717) is 23.9 Å². The van der Waals surface area contributed by atoms with Crippen LogP contribution < -0.4 is 5.32 Å². The largest absolute Gasteiger partial charge is 0.337 e. The SMILES string of the molecule is Cc1nc(Nc2ccccn2)cc([C@H]2CCCN(C(=O)c3ccn[nH]3)C2)n1. The molecule has 1 aliphatic rings. The second-order valence-corrected chi connectivity index (χ2v) is 6.63. The van der Waals surface area contributed by atoms with Crippen LogP contribution in [0.3, 0.4) is 0 Å². The summed E-state index contributed by atoms with van der Waals surface area (Å²) < 4.78 is 0. The van der Waals surface area contributed by atoms with Crippen LogP contribution in [0.2, 0.25) is 0 Å². The highest BCUT2D eigenvalue weighted by Gasteiger charge is 2.27. The van der Waals surface area contributed by atoms with Gasteiger partial charge in [-0.15, -0.1) is 0 Å². The van der Waals surface area contributed by atoms with Gasteiger partial charge in [0.1, 0.15) is 23.2 Å². The van der Waals surface area contributed by atoms with Crippen LogP contribution in [0, 0.1) is 6.92 Å². The van der Waals surface area contributed by atoms with Gasteiger partial charge >= 0.3 is 0 Å². The standard InChI is InChI=1S/C19H21N7O/c1-13-22-16(11-18(23-13)24-17-6-2-3-8-20-17)14-5-4-10-26(12-14)19(27)15-7-9-21-25-15/h2-3,6-9,11,14H,4-5,10,12H2,1H3,(H,21,25)(H,20,22,23,24)/t14-/m0/s1. The molecule has 1 amide bonds. The maximum absolute atomic E-state index is 12.6. The van der Waals surface area contributed by atoms with E-state index in [0.717, 1.165) is 30.9 Å². The fraction of sp³-hybridized carbons (Fsp3) is 0.316. The van der Waals surface area contributed by atoms with Gasteiger partial charge in [0.25, 0.3) is 5.91 Å². The van der Waals surface area contributed by atoms with Crippen molar-refractivity contribution >= 4 is 17.5 Å². The Bertz CT molecular complexity index is 911. The Labute approximate surface area is 157 Å². The third kappa shape index (κ3) is 3.94. The highest BCUT2D eigenvalue weighted by molar-refractivity contribution is 5.92. The fourth-order valence-electron chi connectivity index (χ4n) is 3.38. The normalized spacial score (nSPS) is 16.9. The van der Waals surface area contributed by atoms with Gasteiger partial charge in [-0.05, 0) is 38.0 Å². The van der Waals surface area contributed by atoms with E-state index in [1.165, 1.54) is 0 Å². The zero-order valence-electron chi connectivity index (χ0n) is 15.1. The van der Waals surface area contributed by atoms with Crippen molar-refractivity contribution in [2.24, 2.45) is 0 Å². The van der Waals surface area contributed by atoms with Gasteiger partial charge in [0.05, 0.1) is 5.69 Å². The first-order chi connectivity index (χ1) is 13.2. The number of piperidine rings is 1. The smallest absolute Gasteiger partial charge is 0.271 e. The van der Waals surface area contributed by atoms with Gasteiger partial charge in [-0.25, -0.2) is 15.0 Å². The van der Waals surface area contributed by atoms with Crippen molar-refractivity contribution in [1.29, 1.82) is 0 Å². The Kier molecular flexibility index (Phi) is 4.78. The number of rotatable bonds is 4. The first kappa shape index (κ1) is 17.1. The number of carbonyl (C=O) groups is 1. The lowest BCUT2D eigenvalue weighted by atomic mass is 9.94. The number of carbonyl (C=O) groups excluding carboxylic acids is 1. The van der Waals surface area contributed by atoms with Crippen molar-refractivity contribution in [1.82, 2.24) is 30.0 Å². The molecule has 1 saturated heterocycles. The summed E-state index contributed by atoms with van der Waals surface area (Å²) in [5, 5.41) is 9.85. The zero-order valence-corrected chi connectivity index (χ0v) is 15.1. The molecule has 3 aromatic heterocycles. The van der Waals surface area contributed by atoms with Crippen LogP contribution in [0.4, 0.5) is 11.6 Å². The summed E-state index contributed by atoms with van der Waals surface area (Å²) in [4.78, 5) is 27.8. The van der Waals surface area contributed by atoms with Gasteiger partial charge in [0.2, 0.25) is 0 Å². The lowest BCUT2D eigenvalue weighted by Gasteiger charge is -2.32. The molecule has 138 valence electrons. The lowest BCUT2D eigenvalue weighted by Crippen LogP contribution is -2.39. The maximum Gasteiger partial charge on any atom is 0.271 e. The summed E-state index contributed by atoms with van der Waals surface area (Å²) >= 11 is 0. The molecule has 4 heterocycles. The van der Waals surface area contributed by atoms with Gasteiger partial charge in [0, 0.05) is 37.5 Å². The van der Waals surface area contributed by atoms with Crippen molar-refractivity contribution in [2.45, 2.75) is 25.7 Å². The minimum atomic E-state index is -0.0187. The predicted octanol–water partition coefficient (Wildman–Crippen LogP) is 2.67. The molecule has 0 aliphatic carbocycles. The van der Waals surface area contributed by atoms with E-state index in [9.17, 15) is 4.79 Å². The minimum Gasteiger partial charge on any atom is -0.337 e. The summed E-state index contributed by atoms with van der Waals surface area (Å²) in [6.45, 7) is 3.26. The average Bonchev–Trinajstić information content (AvgIpc) is 3.23. The number of H-pyrrole nitrogens is 1.